The number of aryl methyl sites for hydroxylation is 4. The molecule has 0 saturated carbocycles. The van der Waals surface area contributed by atoms with Crippen LogP contribution in [0.4, 0.5) is 0 Å². The fraction of sp³-hybridized carbons (Fsp3) is 0.474. The van der Waals surface area contributed by atoms with Gasteiger partial charge in [0, 0.05) is 25.4 Å². The van der Waals surface area contributed by atoms with E-state index in [0.29, 0.717) is 13.0 Å². The predicted octanol–water partition coefficient (Wildman–Crippen LogP) is 3.34. The molecule has 0 fully saturated rings. The fourth-order valence-corrected chi connectivity index (χ4v) is 3.28. The maximum atomic E-state index is 12.2. The predicted molar refractivity (Wildman–Crippen MR) is 91.2 cm³/mol. The molecule has 0 unspecified atom stereocenters. The van der Waals surface area contributed by atoms with Crippen LogP contribution in [0.15, 0.2) is 30.6 Å². The second kappa shape index (κ2) is 6.99. The lowest BCUT2D eigenvalue weighted by Gasteiger charge is -2.20. The van der Waals surface area contributed by atoms with Crippen LogP contribution in [0.3, 0.4) is 0 Å². The van der Waals surface area contributed by atoms with Crippen LogP contribution in [0.5, 0.6) is 0 Å². The molecule has 1 aromatic heterocycles. The number of rotatable bonds is 5. The van der Waals surface area contributed by atoms with Gasteiger partial charge in [-0.05, 0) is 56.2 Å². The van der Waals surface area contributed by atoms with Crippen LogP contribution < -0.4 is 5.32 Å². The van der Waals surface area contributed by atoms with Crippen molar-refractivity contribution in [1.29, 1.82) is 0 Å². The molecule has 0 spiro atoms. The molecule has 0 radical (unpaired) electrons. The van der Waals surface area contributed by atoms with E-state index in [1.54, 1.807) is 6.20 Å². The van der Waals surface area contributed by atoms with Gasteiger partial charge >= 0.3 is 0 Å². The summed E-state index contributed by atoms with van der Waals surface area (Å²) in [6, 6.07) is 6.73. The van der Waals surface area contributed by atoms with E-state index in [-0.39, 0.29) is 11.9 Å². The Labute approximate surface area is 137 Å². The lowest BCUT2D eigenvalue weighted by molar-refractivity contribution is -0.121. The van der Waals surface area contributed by atoms with Crippen molar-refractivity contribution in [3.63, 3.8) is 0 Å². The lowest BCUT2D eigenvalue weighted by Crippen LogP contribution is -2.27. The molecule has 0 bridgehead atoms. The summed E-state index contributed by atoms with van der Waals surface area (Å²) in [5, 5.41) is 3.11. The van der Waals surface area contributed by atoms with Gasteiger partial charge in [0.2, 0.25) is 5.91 Å². The Hall–Kier alpha value is -2.10. The van der Waals surface area contributed by atoms with Gasteiger partial charge < -0.3 is 9.88 Å². The van der Waals surface area contributed by atoms with Gasteiger partial charge in [-0.25, -0.2) is 4.98 Å². The van der Waals surface area contributed by atoms with E-state index < -0.39 is 0 Å². The Balaban J connectivity index is 1.57. The summed E-state index contributed by atoms with van der Waals surface area (Å²) in [5.41, 5.74) is 4.15. The highest BCUT2D eigenvalue weighted by molar-refractivity contribution is 5.76. The number of carbonyl (C=O) groups excluding carboxylic acids is 1. The molecule has 122 valence electrons. The SMILES string of the molecule is Cc1nccn1CCC(=O)N[C@@H](C)c1ccc2c(c1)CCCC2. The van der Waals surface area contributed by atoms with E-state index >= 15 is 0 Å². The van der Waals surface area contributed by atoms with E-state index in [2.05, 4.69) is 35.4 Å². The van der Waals surface area contributed by atoms with Crippen molar-refractivity contribution in [3.8, 4) is 0 Å². The number of aromatic nitrogens is 2. The normalized spacial score (nSPS) is 15.0. The van der Waals surface area contributed by atoms with Gasteiger partial charge in [0.1, 0.15) is 5.82 Å². The van der Waals surface area contributed by atoms with Gasteiger partial charge in [0.15, 0.2) is 0 Å². The van der Waals surface area contributed by atoms with Crippen molar-refractivity contribution < 1.29 is 4.79 Å². The first-order valence-electron chi connectivity index (χ1n) is 8.52. The molecule has 0 saturated heterocycles. The smallest absolute Gasteiger partial charge is 0.222 e. The maximum absolute atomic E-state index is 12.2. The molecule has 1 amide bonds. The first-order valence-corrected chi connectivity index (χ1v) is 8.52. The summed E-state index contributed by atoms with van der Waals surface area (Å²) in [7, 11) is 0. The molecule has 4 heteroatoms. The third-order valence-electron chi connectivity index (χ3n) is 4.75. The van der Waals surface area contributed by atoms with Gasteiger partial charge in [0.25, 0.3) is 0 Å². The monoisotopic (exact) mass is 311 g/mol. The average Bonchev–Trinajstić information content (AvgIpc) is 2.97. The van der Waals surface area contributed by atoms with Crippen molar-refractivity contribution in [2.75, 3.05) is 0 Å². The summed E-state index contributed by atoms with van der Waals surface area (Å²) in [5.74, 6) is 1.03. The van der Waals surface area contributed by atoms with Crippen LogP contribution in [-0.2, 0) is 24.2 Å². The number of amides is 1. The van der Waals surface area contributed by atoms with Crippen molar-refractivity contribution in [1.82, 2.24) is 14.9 Å². The highest BCUT2D eigenvalue weighted by atomic mass is 16.1. The Morgan fingerprint density at radius 2 is 2.09 bits per heavy atom. The Kier molecular flexibility index (Phi) is 4.79. The van der Waals surface area contributed by atoms with Crippen molar-refractivity contribution >= 4 is 5.91 Å². The van der Waals surface area contributed by atoms with Crippen LogP contribution in [0, 0.1) is 6.92 Å². The Morgan fingerprint density at radius 3 is 2.83 bits per heavy atom. The van der Waals surface area contributed by atoms with E-state index in [9.17, 15) is 4.79 Å². The summed E-state index contributed by atoms with van der Waals surface area (Å²) < 4.78 is 2.00. The zero-order chi connectivity index (χ0) is 16.2. The average molecular weight is 311 g/mol. The standard InChI is InChI=1S/C19H25N3O/c1-14(17-8-7-16-5-3-4-6-18(16)13-17)21-19(23)9-11-22-12-10-20-15(22)2/h7-8,10,12-14H,3-6,9,11H2,1-2H3,(H,21,23)/t14-/m0/s1. The first-order chi connectivity index (χ1) is 11.1. The molecule has 3 rings (SSSR count). The van der Waals surface area contributed by atoms with Gasteiger partial charge in [-0.1, -0.05) is 18.2 Å². The van der Waals surface area contributed by atoms with E-state index in [4.69, 9.17) is 0 Å². The van der Waals surface area contributed by atoms with Gasteiger partial charge in [0.05, 0.1) is 6.04 Å². The number of carbonyl (C=O) groups is 1. The maximum Gasteiger partial charge on any atom is 0.222 e. The van der Waals surface area contributed by atoms with Crippen molar-refractivity contribution in [2.24, 2.45) is 0 Å². The van der Waals surface area contributed by atoms with Crippen LogP contribution in [0.1, 0.15) is 54.7 Å². The highest BCUT2D eigenvalue weighted by Crippen LogP contribution is 2.24. The van der Waals surface area contributed by atoms with Crippen molar-refractivity contribution in [3.05, 3.63) is 53.1 Å². The Morgan fingerprint density at radius 1 is 1.30 bits per heavy atom. The molecule has 1 aromatic carbocycles. The van der Waals surface area contributed by atoms with Crippen LogP contribution in [0.25, 0.3) is 0 Å². The van der Waals surface area contributed by atoms with Crippen molar-refractivity contribution in [2.45, 2.75) is 58.5 Å². The topological polar surface area (TPSA) is 46.9 Å². The number of fused-ring (bicyclic) bond motifs is 1. The molecule has 1 N–H and O–H groups in total. The number of imidazole rings is 1. The van der Waals surface area contributed by atoms with E-state index in [0.717, 1.165) is 5.82 Å². The molecule has 23 heavy (non-hydrogen) atoms. The third kappa shape index (κ3) is 3.81. The van der Waals surface area contributed by atoms with Gasteiger partial charge in [-0.2, -0.15) is 0 Å². The number of hydrogen-bond acceptors (Lipinski definition) is 2. The van der Waals surface area contributed by atoms with Crippen LogP contribution in [-0.4, -0.2) is 15.5 Å². The molecule has 1 aliphatic rings. The second-order valence-corrected chi connectivity index (χ2v) is 6.44. The van der Waals surface area contributed by atoms with Crippen LogP contribution >= 0.6 is 0 Å². The fourth-order valence-electron chi connectivity index (χ4n) is 3.28. The quantitative estimate of drug-likeness (QED) is 0.920. The molecule has 2 aromatic rings. The molecule has 1 atom stereocenters. The lowest BCUT2D eigenvalue weighted by atomic mass is 9.89. The molecule has 1 heterocycles. The minimum atomic E-state index is 0.0543. The number of hydrogen-bond donors (Lipinski definition) is 1. The van der Waals surface area contributed by atoms with Crippen LogP contribution in [0.2, 0.25) is 0 Å². The number of nitrogens with zero attached hydrogens (tertiary/aromatic N) is 2. The third-order valence-corrected chi connectivity index (χ3v) is 4.75. The number of benzene rings is 1. The summed E-state index contributed by atoms with van der Waals surface area (Å²) >= 11 is 0. The van der Waals surface area contributed by atoms with Gasteiger partial charge in [-0.15, -0.1) is 0 Å². The van der Waals surface area contributed by atoms with E-state index in [1.807, 2.05) is 17.7 Å². The molecule has 0 aliphatic heterocycles. The van der Waals surface area contributed by atoms with E-state index in [1.165, 1.54) is 42.4 Å². The molecular formula is C19H25N3O. The molecule has 4 nitrogen and oxygen atoms in total. The minimum Gasteiger partial charge on any atom is -0.350 e. The highest BCUT2D eigenvalue weighted by Gasteiger charge is 2.14. The number of nitrogens with one attached hydrogen (secondary N) is 1. The Bertz CT molecular complexity index is 690. The summed E-state index contributed by atoms with van der Waals surface area (Å²) in [6.45, 7) is 4.69. The largest absolute Gasteiger partial charge is 0.350 e. The minimum absolute atomic E-state index is 0.0543. The molecular weight excluding hydrogens is 286 g/mol. The zero-order valence-corrected chi connectivity index (χ0v) is 14.0. The van der Waals surface area contributed by atoms with Gasteiger partial charge in [-0.3, -0.25) is 4.79 Å². The summed E-state index contributed by atoms with van der Waals surface area (Å²) in [4.78, 5) is 16.4. The summed E-state index contributed by atoms with van der Waals surface area (Å²) in [6.07, 6.45) is 9.10. The first kappa shape index (κ1) is 15.8. The zero-order valence-electron chi connectivity index (χ0n) is 14.0. The molecule has 1 aliphatic carbocycles. The second-order valence-electron chi connectivity index (χ2n) is 6.44.